The molecule has 0 aromatic carbocycles. The maximum atomic E-state index is 11.7. The van der Waals surface area contributed by atoms with E-state index in [1.807, 2.05) is 13.0 Å². The van der Waals surface area contributed by atoms with E-state index in [1.165, 1.54) is 0 Å². The number of H-pyrrole nitrogens is 1. The van der Waals surface area contributed by atoms with E-state index in [0.29, 0.717) is 11.5 Å². The van der Waals surface area contributed by atoms with Gasteiger partial charge in [-0.25, -0.2) is 4.98 Å². The first-order chi connectivity index (χ1) is 7.66. The molecule has 0 bridgehead atoms. The number of rotatable bonds is 2. The van der Waals surface area contributed by atoms with Gasteiger partial charge in [0.05, 0.1) is 11.9 Å². The van der Waals surface area contributed by atoms with E-state index in [1.54, 1.807) is 19.3 Å². The molecule has 2 aromatic heterocycles. The maximum Gasteiger partial charge on any atom is 0.295 e. The summed E-state index contributed by atoms with van der Waals surface area (Å²) in [7, 11) is 0. The smallest absolute Gasteiger partial charge is 0.295 e. The van der Waals surface area contributed by atoms with Crippen molar-refractivity contribution in [3.63, 3.8) is 0 Å². The fourth-order valence-electron chi connectivity index (χ4n) is 1.22. The average Bonchev–Trinajstić information content (AvgIpc) is 2.68. The third kappa shape index (κ3) is 2.05. The molecule has 2 N–H and O–H groups in total. The van der Waals surface area contributed by atoms with E-state index in [-0.39, 0.29) is 11.7 Å². The normalized spacial score (nSPS) is 10.1. The van der Waals surface area contributed by atoms with Crippen molar-refractivity contribution in [3.8, 4) is 0 Å². The van der Waals surface area contributed by atoms with Crippen LogP contribution in [-0.2, 0) is 0 Å². The Morgan fingerprint density at radius 3 is 2.88 bits per heavy atom. The molecule has 0 aliphatic carbocycles. The molecule has 0 fully saturated rings. The van der Waals surface area contributed by atoms with E-state index in [0.717, 1.165) is 5.56 Å². The summed E-state index contributed by atoms with van der Waals surface area (Å²) in [6.45, 7) is 3.62. The van der Waals surface area contributed by atoms with Crippen molar-refractivity contribution in [2.24, 2.45) is 0 Å². The third-order valence-corrected chi connectivity index (χ3v) is 2.09. The summed E-state index contributed by atoms with van der Waals surface area (Å²) in [5.74, 6) is 0.384. The lowest BCUT2D eigenvalue weighted by atomic mass is 10.2. The quantitative estimate of drug-likeness (QED) is 0.788. The number of nitrogens with one attached hydrogen (secondary N) is 2. The number of aryl methyl sites for hydroxylation is 2. The fourth-order valence-corrected chi connectivity index (χ4v) is 1.22. The Labute approximate surface area is 92.1 Å². The number of aromatic amines is 1. The summed E-state index contributed by atoms with van der Waals surface area (Å²) in [6, 6.07) is 1.82. The van der Waals surface area contributed by atoms with Gasteiger partial charge in [-0.2, -0.15) is 0 Å². The van der Waals surface area contributed by atoms with Crippen LogP contribution in [0, 0.1) is 13.8 Å². The van der Waals surface area contributed by atoms with Crippen molar-refractivity contribution >= 4 is 11.6 Å². The highest BCUT2D eigenvalue weighted by atomic mass is 16.2. The van der Waals surface area contributed by atoms with Crippen molar-refractivity contribution in [2.75, 3.05) is 5.32 Å². The van der Waals surface area contributed by atoms with Crippen LogP contribution in [0.2, 0.25) is 0 Å². The minimum atomic E-state index is -0.347. The Morgan fingerprint density at radius 2 is 2.25 bits per heavy atom. The summed E-state index contributed by atoms with van der Waals surface area (Å²) < 4.78 is 0. The summed E-state index contributed by atoms with van der Waals surface area (Å²) in [4.78, 5) is 19.6. The molecular formula is C10H11N5O. The van der Waals surface area contributed by atoms with Gasteiger partial charge in [0.1, 0.15) is 5.82 Å². The highest BCUT2D eigenvalue weighted by molar-refractivity contribution is 6.01. The second-order valence-electron chi connectivity index (χ2n) is 3.39. The number of amides is 1. The minimum absolute atomic E-state index is 0.126. The zero-order valence-corrected chi connectivity index (χ0v) is 8.98. The van der Waals surface area contributed by atoms with Crippen LogP contribution in [0.15, 0.2) is 18.5 Å². The molecule has 0 aliphatic rings. The first-order valence-electron chi connectivity index (χ1n) is 4.78. The highest BCUT2D eigenvalue weighted by Gasteiger charge is 2.12. The molecule has 0 atom stereocenters. The predicted octanol–water partition coefficient (Wildman–Crippen LogP) is 1.07. The summed E-state index contributed by atoms with van der Waals surface area (Å²) in [6.07, 6.45) is 3.26. The van der Waals surface area contributed by atoms with Crippen LogP contribution in [0.5, 0.6) is 0 Å². The summed E-state index contributed by atoms with van der Waals surface area (Å²) in [5.41, 5.74) is 1.60. The summed E-state index contributed by atoms with van der Waals surface area (Å²) >= 11 is 0. The minimum Gasteiger partial charge on any atom is -0.318 e. The zero-order valence-electron chi connectivity index (χ0n) is 8.98. The van der Waals surface area contributed by atoms with Crippen molar-refractivity contribution < 1.29 is 4.79 Å². The second kappa shape index (κ2) is 4.09. The van der Waals surface area contributed by atoms with Gasteiger partial charge >= 0.3 is 0 Å². The predicted molar refractivity (Wildman–Crippen MR) is 58.0 cm³/mol. The molecule has 0 saturated heterocycles. The lowest BCUT2D eigenvalue weighted by molar-refractivity contribution is 0.101. The number of carbonyl (C=O) groups is 1. The van der Waals surface area contributed by atoms with E-state index >= 15 is 0 Å². The zero-order chi connectivity index (χ0) is 11.5. The number of anilines is 1. The summed E-state index contributed by atoms with van der Waals surface area (Å²) in [5, 5.41) is 9.08. The van der Waals surface area contributed by atoms with Crippen LogP contribution in [0.3, 0.4) is 0 Å². The molecule has 6 nitrogen and oxygen atoms in total. The SMILES string of the molecule is Cc1nc(C(=O)Nc2cnccc2C)n[nH]1. The number of nitrogens with zero attached hydrogens (tertiary/aromatic N) is 3. The second-order valence-corrected chi connectivity index (χ2v) is 3.39. The Bertz CT molecular complexity index is 519. The Balaban J connectivity index is 2.17. The molecule has 1 amide bonds. The Hall–Kier alpha value is -2.24. The fraction of sp³-hybridized carbons (Fsp3) is 0.200. The molecule has 0 radical (unpaired) electrons. The van der Waals surface area contributed by atoms with Gasteiger partial charge in [-0.3, -0.25) is 14.9 Å². The van der Waals surface area contributed by atoms with Crippen LogP contribution >= 0.6 is 0 Å². The average molecular weight is 217 g/mol. The van der Waals surface area contributed by atoms with Crippen molar-refractivity contribution in [3.05, 3.63) is 35.7 Å². The number of pyridine rings is 1. The molecule has 16 heavy (non-hydrogen) atoms. The van der Waals surface area contributed by atoms with Crippen molar-refractivity contribution in [2.45, 2.75) is 13.8 Å². The maximum absolute atomic E-state index is 11.7. The van der Waals surface area contributed by atoms with Gasteiger partial charge < -0.3 is 5.32 Å². The molecule has 6 heteroatoms. The molecule has 2 aromatic rings. The molecule has 0 aliphatic heterocycles. The topological polar surface area (TPSA) is 83.6 Å². The number of carbonyl (C=O) groups excluding carboxylic acids is 1. The first-order valence-corrected chi connectivity index (χ1v) is 4.78. The first kappa shape index (κ1) is 10.3. The Morgan fingerprint density at radius 1 is 1.44 bits per heavy atom. The highest BCUT2D eigenvalue weighted by Crippen LogP contribution is 2.11. The van der Waals surface area contributed by atoms with E-state index < -0.39 is 0 Å². The van der Waals surface area contributed by atoms with Gasteiger partial charge in [-0.15, -0.1) is 5.10 Å². The lowest BCUT2D eigenvalue weighted by Crippen LogP contribution is -2.14. The van der Waals surface area contributed by atoms with Gasteiger partial charge in [-0.1, -0.05) is 0 Å². The van der Waals surface area contributed by atoms with Gasteiger partial charge in [0, 0.05) is 6.20 Å². The third-order valence-electron chi connectivity index (χ3n) is 2.09. The molecule has 2 rings (SSSR count). The van der Waals surface area contributed by atoms with Gasteiger partial charge in [-0.05, 0) is 25.5 Å². The Kier molecular flexibility index (Phi) is 2.63. The van der Waals surface area contributed by atoms with Crippen LogP contribution in [0.1, 0.15) is 22.0 Å². The molecule has 2 heterocycles. The molecule has 0 saturated carbocycles. The number of hydrogen-bond donors (Lipinski definition) is 2. The van der Waals surface area contributed by atoms with Crippen LogP contribution in [0.25, 0.3) is 0 Å². The number of hydrogen-bond acceptors (Lipinski definition) is 4. The monoisotopic (exact) mass is 217 g/mol. The van der Waals surface area contributed by atoms with E-state index in [4.69, 9.17) is 0 Å². The number of aromatic nitrogens is 4. The van der Waals surface area contributed by atoms with E-state index in [9.17, 15) is 4.79 Å². The van der Waals surface area contributed by atoms with Crippen LogP contribution in [-0.4, -0.2) is 26.1 Å². The van der Waals surface area contributed by atoms with Gasteiger partial charge in [0.2, 0.25) is 5.82 Å². The van der Waals surface area contributed by atoms with Crippen LogP contribution < -0.4 is 5.32 Å². The molecule has 0 spiro atoms. The van der Waals surface area contributed by atoms with Gasteiger partial charge in [0.15, 0.2) is 0 Å². The molecule has 82 valence electrons. The molecular weight excluding hydrogens is 206 g/mol. The largest absolute Gasteiger partial charge is 0.318 e. The standard InChI is InChI=1S/C10H11N5O/c1-6-3-4-11-5-8(6)13-10(16)9-12-7(2)14-15-9/h3-5H,1-2H3,(H,13,16)(H,12,14,15). The van der Waals surface area contributed by atoms with Gasteiger partial charge in [0.25, 0.3) is 5.91 Å². The van der Waals surface area contributed by atoms with E-state index in [2.05, 4.69) is 25.5 Å². The lowest BCUT2D eigenvalue weighted by Gasteiger charge is -2.04. The van der Waals surface area contributed by atoms with Crippen molar-refractivity contribution in [1.82, 2.24) is 20.2 Å². The van der Waals surface area contributed by atoms with Crippen LogP contribution in [0.4, 0.5) is 5.69 Å². The van der Waals surface area contributed by atoms with Crippen molar-refractivity contribution in [1.29, 1.82) is 0 Å². The molecule has 0 unspecified atom stereocenters.